The Hall–Kier alpha value is -4.26. The molecule has 2 aromatic rings. The molecular formula is C35H51N7O6. The minimum Gasteiger partial charge on any atom is -0.497 e. The van der Waals surface area contributed by atoms with E-state index in [0.29, 0.717) is 44.4 Å². The molecule has 1 aromatic heterocycles. The minimum atomic E-state index is -1.24. The van der Waals surface area contributed by atoms with Crippen molar-refractivity contribution in [1.29, 1.82) is 0 Å². The van der Waals surface area contributed by atoms with Crippen LogP contribution in [-0.4, -0.2) is 94.3 Å². The van der Waals surface area contributed by atoms with Crippen molar-refractivity contribution in [3.63, 3.8) is 0 Å². The molecule has 5 atom stereocenters. The van der Waals surface area contributed by atoms with E-state index in [-0.39, 0.29) is 29.9 Å². The zero-order chi connectivity index (χ0) is 35.0. The number of imidazole rings is 1. The maximum Gasteiger partial charge on any atom is 0.246 e. The van der Waals surface area contributed by atoms with Crippen LogP contribution >= 0.6 is 0 Å². The molecule has 2 aliphatic rings. The first-order chi connectivity index (χ1) is 22.9. The van der Waals surface area contributed by atoms with Crippen LogP contribution in [-0.2, 0) is 43.9 Å². The lowest BCUT2D eigenvalue weighted by Gasteiger charge is -2.34. The first-order valence-corrected chi connectivity index (χ1v) is 16.9. The average molecular weight is 666 g/mol. The van der Waals surface area contributed by atoms with Gasteiger partial charge in [-0.1, -0.05) is 38.8 Å². The van der Waals surface area contributed by atoms with Gasteiger partial charge in [0.05, 0.1) is 25.5 Å². The molecule has 2 heterocycles. The SMILES string of the molecule is CC[C@H](NC(=O)[C@H](Cc1ccc(OC)cc1)NC(=O)C1(NC(=O)[C@@H]2C[C@@H](C)CN2C(=O)[C@H](Cc2cncn2C)NC)CCCC1)C(C)=O. The lowest BCUT2D eigenvalue weighted by molar-refractivity contribution is -0.142. The number of benzene rings is 1. The van der Waals surface area contributed by atoms with E-state index in [1.807, 2.05) is 37.6 Å². The number of ketones is 1. The fourth-order valence-electron chi connectivity index (χ4n) is 6.81. The number of carbonyl (C=O) groups excluding carboxylic acids is 5. The van der Waals surface area contributed by atoms with Crippen LogP contribution in [0.2, 0.25) is 0 Å². The number of likely N-dealkylation sites (N-methyl/N-ethyl adjacent to an activating group) is 1. The van der Waals surface area contributed by atoms with Crippen molar-refractivity contribution < 1.29 is 28.7 Å². The maximum atomic E-state index is 14.2. The van der Waals surface area contributed by atoms with Gasteiger partial charge < -0.3 is 35.5 Å². The minimum absolute atomic E-state index is 0.0950. The summed E-state index contributed by atoms with van der Waals surface area (Å²) in [6.07, 6.45) is 7.14. The van der Waals surface area contributed by atoms with Crippen LogP contribution in [0.5, 0.6) is 5.75 Å². The molecule has 0 spiro atoms. The van der Waals surface area contributed by atoms with Crippen molar-refractivity contribution in [2.75, 3.05) is 20.7 Å². The van der Waals surface area contributed by atoms with Gasteiger partial charge in [-0.05, 0) is 63.3 Å². The quantitative estimate of drug-likeness (QED) is 0.222. The van der Waals surface area contributed by atoms with Crippen molar-refractivity contribution in [1.82, 2.24) is 35.7 Å². The third kappa shape index (κ3) is 8.60. The predicted octanol–water partition coefficient (Wildman–Crippen LogP) is 1.44. The zero-order valence-electron chi connectivity index (χ0n) is 29.0. The number of aromatic nitrogens is 2. The fraction of sp³-hybridized carbons (Fsp3) is 0.600. The van der Waals surface area contributed by atoms with Gasteiger partial charge in [0, 0.05) is 38.3 Å². The third-order valence-electron chi connectivity index (χ3n) is 9.76. The summed E-state index contributed by atoms with van der Waals surface area (Å²) < 4.78 is 7.12. The molecular weight excluding hydrogens is 614 g/mol. The van der Waals surface area contributed by atoms with Gasteiger partial charge >= 0.3 is 0 Å². The first kappa shape index (κ1) is 36.6. The smallest absolute Gasteiger partial charge is 0.246 e. The molecule has 48 heavy (non-hydrogen) atoms. The molecule has 0 unspecified atom stereocenters. The van der Waals surface area contributed by atoms with E-state index in [4.69, 9.17) is 4.74 Å². The van der Waals surface area contributed by atoms with Gasteiger partial charge in [0.15, 0.2) is 5.78 Å². The van der Waals surface area contributed by atoms with Crippen LogP contribution in [0.3, 0.4) is 0 Å². The molecule has 1 saturated carbocycles. The van der Waals surface area contributed by atoms with Crippen molar-refractivity contribution >= 4 is 29.4 Å². The number of ether oxygens (including phenoxy) is 1. The van der Waals surface area contributed by atoms with Crippen molar-refractivity contribution in [2.45, 2.75) is 102 Å². The number of amides is 4. The highest BCUT2D eigenvalue weighted by atomic mass is 16.5. The number of nitrogens with zero attached hydrogens (tertiary/aromatic N) is 3. The van der Waals surface area contributed by atoms with Crippen LogP contribution in [0.1, 0.15) is 70.6 Å². The lowest BCUT2D eigenvalue weighted by Crippen LogP contribution is -2.64. The third-order valence-corrected chi connectivity index (χ3v) is 9.76. The summed E-state index contributed by atoms with van der Waals surface area (Å²) in [7, 11) is 5.16. The van der Waals surface area contributed by atoms with E-state index in [1.165, 1.54) is 6.92 Å². The molecule has 1 aromatic carbocycles. The van der Waals surface area contributed by atoms with E-state index >= 15 is 0 Å². The van der Waals surface area contributed by atoms with Crippen molar-refractivity contribution in [3.05, 3.63) is 48.0 Å². The number of Topliss-reactive ketones (excluding diaryl/α,β-unsaturated/α-hetero) is 1. The number of aryl methyl sites for hydroxylation is 1. The largest absolute Gasteiger partial charge is 0.497 e. The monoisotopic (exact) mass is 665 g/mol. The van der Waals surface area contributed by atoms with E-state index in [2.05, 4.69) is 26.3 Å². The predicted molar refractivity (Wildman–Crippen MR) is 180 cm³/mol. The first-order valence-electron chi connectivity index (χ1n) is 16.9. The molecule has 1 aliphatic carbocycles. The van der Waals surface area contributed by atoms with Crippen LogP contribution in [0.4, 0.5) is 0 Å². The normalized spacial score (nSPS) is 20.4. The summed E-state index contributed by atoms with van der Waals surface area (Å²) in [6.45, 7) is 5.67. The molecule has 4 rings (SSSR count). The summed E-state index contributed by atoms with van der Waals surface area (Å²) in [4.78, 5) is 73.5. The highest BCUT2D eigenvalue weighted by molar-refractivity contribution is 5.98. The second-order valence-corrected chi connectivity index (χ2v) is 13.3. The number of likely N-dealkylation sites (tertiary alicyclic amines) is 1. The average Bonchev–Trinajstić information content (AvgIpc) is 3.82. The van der Waals surface area contributed by atoms with Gasteiger partial charge in [0.25, 0.3) is 0 Å². The Morgan fingerprint density at radius 3 is 2.27 bits per heavy atom. The van der Waals surface area contributed by atoms with Gasteiger partial charge in [-0.15, -0.1) is 0 Å². The topological polar surface area (TPSA) is 164 Å². The Morgan fingerprint density at radius 1 is 1.02 bits per heavy atom. The lowest BCUT2D eigenvalue weighted by atomic mass is 9.93. The van der Waals surface area contributed by atoms with Crippen molar-refractivity contribution in [2.24, 2.45) is 13.0 Å². The van der Waals surface area contributed by atoms with E-state index < -0.39 is 41.5 Å². The summed E-state index contributed by atoms with van der Waals surface area (Å²) >= 11 is 0. The Labute approximate surface area is 282 Å². The van der Waals surface area contributed by atoms with Gasteiger partial charge in [0.2, 0.25) is 23.6 Å². The second kappa shape index (κ2) is 16.2. The highest BCUT2D eigenvalue weighted by Crippen LogP contribution is 2.32. The molecule has 262 valence electrons. The molecule has 0 radical (unpaired) electrons. The molecule has 1 aliphatic heterocycles. The molecule has 4 amide bonds. The van der Waals surface area contributed by atoms with Gasteiger partial charge in [-0.25, -0.2) is 4.98 Å². The highest BCUT2D eigenvalue weighted by Gasteiger charge is 2.47. The Kier molecular flexibility index (Phi) is 12.4. The zero-order valence-corrected chi connectivity index (χ0v) is 29.0. The summed E-state index contributed by atoms with van der Waals surface area (Å²) in [5.41, 5.74) is 0.438. The van der Waals surface area contributed by atoms with Crippen LogP contribution in [0.15, 0.2) is 36.8 Å². The van der Waals surface area contributed by atoms with E-state index in [0.717, 1.165) is 24.1 Å². The van der Waals surface area contributed by atoms with Gasteiger partial charge in [-0.3, -0.25) is 24.0 Å². The number of carbonyl (C=O) groups is 5. The van der Waals surface area contributed by atoms with E-state index in [9.17, 15) is 24.0 Å². The summed E-state index contributed by atoms with van der Waals surface area (Å²) in [5, 5.41) is 11.9. The fourth-order valence-corrected chi connectivity index (χ4v) is 6.81. The molecule has 13 heteroatoms. The molecule has 2 fully saturated rings. The number of hydrogen-bond acceptors (Lipinski definition) is 8. The molecule has 13 nitrogen and oxygen atoms in total. The Morgan fingerprint density at radius 2 is 1.71 bits per heavy atom. The summed E-state index contributed by atoms with van der Waals surface area (Å²) in [6, 6.07) is 4.23. The summed E-state index contributed by atoms with van der Waals surface area (Å²) in [5.74, 6) is -0.909. The maximum absolute atomic E-state index is 14.2. The number of nitrogens with one attached hydrogen (secondary N) is 4. The van der Waals surface area contributed by atoms with Gasteiger partial charge in [-0.2, -0.15) is 0 Å². The number of hydrogen-bond donors (Lipinski definition) is 4. The van der Waals surface area contributed by atoms with Crippen LogP contribution < -0.4 is 26.0 Å². The number of rotatable bonds is 15. The van der Waals surface area contributed by atoms with Gasteiger partial charge in [0.1, 0.15) is 23.4 Å². The van der Waals surface area contributed by atoms with E-state index in [1.54, 1.807) is 43.7 Å². The van der Waals surface area contributed by atoms with Crippen LogP contribution in [0.25, 0.3) is 0 Å². The molecule has 4 N–H and O–H groups in total. The Bertz CT molecular complexity index is 1450. The Balaban J connectivity index is 1.53. The van der Waals surface area contributed by atoms with Crippen LogP contribution in [0, 0.1) is 5.92 Å². The standard InChI is InChI=1S/C35H51N7O6/c1-7-27(23(3)43)38-31(44)28(17-24-10-12-26(48-6)13-11-24)39-34(47)35(14-8-9-15-35)40-32(45)30-16-22(2)20-42(30)33(46)29(36-4)18-25-19-37-21-41(25)5/h10-13,19,21-22,27-30,36H,7-9,14-18,20H2,1-6H3,(H,38,44)(H,39,47)(H,40,45)/t22-,27+,28+,29+,30+/m1/s1. The van der Waals surface area contributed by atoms with Crippen molar-refractivity contribution in [3.8, 4) is 5.75 Å². The second-order valence-electron chi connectivity index (χ2n) is 13.3. The number of methoxy groups -OCH3 is 1. The molecule has 1 saturated heterocycles. The molecule has 0 bridgehead atoms.